The number of nitrogens with one attached hydrogen (secondary N) is 1. The van der Waals surface area contributed by atoms with Crippen molar-refractivity contribution in [3.8, 4) is 0 Å². The van der Waals surface area contributed by atoms with E-state index in [4.69, 9.17) is 5.73 Å². The summed E-state index contributed by atoms with van der Waals surface area (Å²) in [4.78, 5) is 11.0. The second kappa shape index (κ2) is 6.56. The zero-order valence-corrected chi connectivity index (χ0v) is 8.85. The van der Waals surface area contributed by atoms with Crippen LogP contribution >= 0.6 is 0 Å². The van der Waals surface area contributed by atoms with Crippen LogP contribution in [-0.2, 0) is 14.6 Å². The highest BCUT2D eigenvalue weighted by atomic mass is 32.2. The number of nitrogens with two attached hydrogens (primary N) is 1. The van der Waals surface area contributed by atoms with E-state index in [0.717, 1.165) is 0 Å². The molecule has 0 radical (unpaired) electrons. The molecular formula is C8H16N2O3S. The van der Waals surface area contributed by atoms with Crippen LogP contribution in [0.4, 0.5) is 0 Å². The molecule has 5 nitrogen and oxygen atoms in total. The van der Waals surface area contributed by atoms with E-state index in [-0.39, 0.29) is 23.8 Å². The van der Waals surface area contributed by atoms with Gasteiger partial charge in [-0.3, -0.25) is 4.79 Å². The summed E-state index contributed by atoms with van der Waals surface area (Å²) in [6, 6.07) is 0. The van der Waals surface area contributed by atoms with Gasteiger partial charge in [0, 0.05) is 19.5 Å². The van der Waals surface area contributed by atoms with Crippen molar-refractivity contribution >= 4 is 15.7 Å². The third-order valence-electron chi connectivity index (χ3n) is 1.48. The van der Waals surface area contributed by atoms with Gasteiger partial charge in [-0.05, 0) is 0 Å². The summed E-state index contributed by atoms with van der Waals surface area (Å²) in [5.74, 6) is -0.518. The first kappa shape index (κ1) is 13.1. The molecule has 0 spiro atoms. The van der Waals surface area contributed by atoms with Crippen molar-refractivity contribution in [3.63, 3.8) is 0 Å². The van der Waals surface area contributed by atoms with E-state index in [1.807, 2.05) is 0 Å². The van der Waals surface area contributed by atoms with Crippen LogP contribution in [-0.4, -0.2) is 38.9 Å². The fourth-order valence-electron chi connectivity index (χ4n) is 0.811. The zero-order valence-electron chi connectivity index (χ0n) is 8.03. The molecule has 6 heteroatoms. The van der Waals surface area contributed by atoms with Crippen LogP contribution in [0.15, 0.2) is 12.7 Å². The van der Waals surface area contributed by atoms with Gasteiger partial charge in [0.05, 0.1) is 11.5 Å². The number of carbonyl (C=O) groups excluding carboxylic acids is 1. The minimum Gasteiger partial charge on any atom is -0.355 e. The van der Waals surface area contributed by atoms with E-state index in [2.05, 4.69) is 11.9 Å². The molecule has 0 aliphatic carbocycles. The molecule has 0 aromatic carbocycles. The van der Waals surface area contributed by atoms with Gasteiger partial charge >= 0.3 is 0 Å². The minimum atomic E-state index is -3.16. The number of sulfone groups is 1. The van der Waals surface area contributed by atoms with Gasteiger partial charge in [-0.15, -0.1) is 6.58 Å². The Morgan fingerprint density at radius 3 is 2.64 bits per heavy atom. The van der Waals surface area contributed by atoms with E-state index >= 15 is 0 Å². The molecule has 0 rings (SSSR count). The molecule has 0 aliphatic heterocycles. The maximum Gasteiger partial charge on any atom is 0.221 e. The summed E-state index contributed by atoms with van der Waals surface area (Å²) >= 11 is 0. The standard InChI is InChI=1S/C8H16N2O3S/c1-2-6-14(12,13)7-3-8(11)10-5-4-9/h2H,1,3-7,9H2,(H,10,11). The molecule has 3 N–H and O–H groups in total. The molecule has 0 fully saturated rings. The van der Waals surface area contributed by atoms with Gasteiger partial charge in [0.1, 0.15) is 0 Å². The van der Waals surface area contributed by atoms with Crippen LogP contribution in [0.3, 0.4) is 0 Å². The van der Waals surface area contributed by atoms with Crippen molar-refractivity contribution in [2.24, 2.45) is 5.73 Å². The van der Waals surface area contributed by atoms with E-state index in [0.29, 0.717) is 13.1 Å². The van der Waals surface area contributed by atoms with Gasteiger partial charge in [-0.25, -0.2) is 8.42 Å². The quantitative estimate of drug-likeness (QED) is 0.541. The Morgan fingerprint density at radius 1 is 1.50 bits per heavy atom. The Hall–Kier alpha value is -0.880. The Balaban J connectivity index is 3.82. The smallest absolute Gasteiger partial charge is 0.221 e. The van der Waals surface area contributed by atoms with Crippen molar-refractivity contribution in [1.29, 1.82) is 0 Å². The second-order valence-corrected chi connectivity index (χ2v) is 5.02. The largest absolute Gasteiger partial charge is 0.355 e. The molecule has 0 aromatic heterocycles. The lowest BCUT2D eigenvalue weighted by atomic mass is 10.4. The van der Waals surface area contributed by atoms with Gasteiger partial charge in [-0.1, -0.05) is 6.08 Å². The summed E-state index contributed by atoms with van der Waals surface area (Å²) in [6.45, 7) is 4.05. The zero-order chi connectivity index (χ0) is 11.0. The average molecular weight is 220 g/mol. The molecular weight excluding hydrogens is 204 g/mol. The molecule has 0 bridgehead atoms. The van der Waals surface area contributed by atoms with Crippen molar-refractivity contribution in [3.05, 3.63) is 12.7 Å². The van der Waals surface area contributed by atoms with Crippen LogP contribution in [0.2, 0.25) is 0 Å². The Bertz CT molecular complexity index is 285. The van der Waals surface area contributed by atoms with Crippen LogP contribution < -0.4 is 11.1 Å². The lowest BCUT2D eigenvalue weighted by molar-refractivity contribution is -0.120. The topological polar surface area (TPSA) is 89.3 Å². The Labute approximate surface area is 84.3 Å². The van der Waals surface area contributed by atoms with Crippen molar-refractivity contribution in [1.82, 2.24) is 5.32 Å². The third-order valence-corrected chi connectivity index (χ3v) is 3.05. The SMILES string of the molecule is C=CCS(=O)(=O)CCC(=O)NCCN. The molecule has 0 atom stereocenters. The van der Waals surface area contributed by atoms with Gasteiger partial charge in [0.15, 0.2) is 9.84 Å². The molecule has 1 amide bonds. The molecule has 14 heavy (non-hydrogen) atoms. The maximum absolute atomic E-state index is 11.1. The predicted octanol–water partition coefficient (Wildman–Crippen LogP) is -0.948. The summed E-state index contributed by atoms with van der Waals surface area (Å²) < 4.78 is 22.3. The van der Waals surface area contributed by atoms with Crippen molar-refractivity contribution in [2.75, 3.05) is 24.6 Å². The fraction of sp³-hybridized carbons (Fsp3) is 0.625. The highest BCUT2D eigenvalue weighted by molar-refractivity contribution is 7.91. The van der Waals surface area contributed by atoms with E-state index in [9.17, 15) is 13.2 Å². The van der Waals surface area contributed by atoms with Crippen molar-refractivity contribution in [2.45, 2.75) is 6.42 Å². The highest BCUT2D eigenvalue weighted by Gasteiger charge is 2.10. The Kier molecular flexibility index (Phi) is 6.14. The fourth-order valence-corrected chi connectivity index (χ4v) is 1.83. The third kappa shape index (κ3) is 6.62. The molecule has 0 saturated heterocycles. The molecule has 0 aromatic rings. The number of amides is 1. The number of hydrogen-bond acceptors (Lipinski definition) is 4. The molecule has 0 aliphatic rings. The monoisotopic (exact) mass is 220 g/mol. The maximum atomic E-state index is 11.1. The summed E-state index contributed by atoms with van der Waals surface area (Å²) in [6.07, 6.45) is 1.29. The molecule has 82 valence electrons. The lowest BCUT2D eigenvalue weighted by Gasteiger charge is -2.03. The first-order chi connectivity index (χ1) is 6.52. The highest BCUT2D eigenvalue weighted by Crippen LogP contribution is 1.94. The number of carbonyl (C=O) groups is 1. The first-order valence-corrected chi connectivity index (χ1v) is 6.12. The van der Waals surface area contributed by atoms with E-state index in [1.165, 1.54) is 6.08 Å². The van der Waals surface area contributed by atoms with Gasteiger partial charge < -0.3 is 11.1 Å². The number of hydrogen-bond donors (Lipinski definition) is 2. The van der Waals surface area contributed by atoms with Crippen LogP contribution in [0, 0.1) is 0 Å². The second-order valence-electron chi connectivity index (χ2n) is 2.79. The predicted molar refractivity (Wildman–Crippen MR) is 55.5 cm³/mol. The molecule has 0 heterocycles. The molecule has 0 unspecified atom stereocenters. The molecule has 0 saturated carbocycles. The van der Waals surface area contributed by atoms with E-state index in [1.54, 1.807) is 0 Å². The van der Waals surface area contributed by atoms with Crippen LogP contribution in [0.5, 0.6) is 0 Å². The lowest BCUT2D eigenvalue weighted by Crippen LogP contribution is -2.30. The van der Waals surface area contributed by atoms with Gasteiger partial charge in [0.25, 0.3) is 0 Å². The summed E-state index contributed by atoms with van der Waals surface area (Å²) in [5, 5.41) is 2.49. The van der Waals surface area contributed by atoms with Crippen molar-refractivity contribution < 1.29 is 13.2 Å². The minimum absolute atomic E-state index is 0.0177. The summed E-state index contributed by atoms with van der Waals surface area (Å²) in [5.41, 5.74) is 5.16. The Morgan fingerprint density at radius 2 is 2.14 bits per heavy atom. The van der Waals surface area contributed by atoms with E-state index < -0.39 is 9.84 Å². The van der Waals surface area contributed by atoms with Gasteiger partial charge in [0.2, 0.25) is 5.91 Å². The average Bonchev–Trinajstić information content (AvgIpc) is 2.11. The van der Waals surface area contributed by atoms with Crippen LogP contribution in [0.1, 0.15) is 6.42 Å². The van der Waals surface area contributed by atoms with Gasteiger partial charge in [-0.2, -0.15) is 0 Å². The summed E-state index contributed by atoms with van der Waals surface area (Å²) in [7, 11) is -3.16. The van der Waals surface area contributed by atoms with Crippen LogP contribution in [0.25, 0.3) is 0 Å². The first-order valence-electron chi connectivity index (χ1n) is 4.30. The number of rotatable bonds is 7. The normalized spacial score (nSPS) is 10.9.